The van der Waals surface area contributed by atoms with Gasteiger partial charge in [0.15, 0.2) is 5.82 Å². The van der Waals surface area contributed by atoms with Gasteiger partial charge in [-0.2, -0.15) is 10.2 Å². The maximum Gasteiger partial charge on any atom is 0.154 e. The number of rotatable bonds is 3. The van der Waals surface area contributed by atoms with Crippen LogP contribution in [-0.2, 0) is 6.54 Å². The number of nitrogens with one attached hydrogen (secondary N) is 2. The third kappa shape index (κ3) is 1.86. The van der Waals surface area contributed by atoms with Crippen molar-refractivity contribution in [2.75, 3.05) is 5.32 Å². The zero-order valence-corrected chi connectivity index (χ0v) is 7.44. The molecule has 2 rings (SSSR count). The van der Waals surface area contributed by atoms with Gasteiger partial charge in [0.25, 0.3) is 0 Å². The van der Waals surface area contributed by atoms with E-state index in [4.69, 9.17) is 5.73 Å². The molecule has 2 heterocycles. The summed E-state index contributed by atoms with van der Waals surface area (Å²) < 4.78 is 0. The first-order valence-electron chi connectivity index (χ1n) is 4.17. The topological polar surface area (TPSA) is 92.5 Å². The normalized spacial score (nSPS) is 10.1. The first kappa shape index (κ1) is 8.64. The molecule has 0 aliphatic rings. The lowest BCUT2D eigenvalue weighted by atomic mass is 10.4. The van der Waals surface area contributed by atoms with Crippen LogP contribution in [0, 0.1) is 0 Å². The maximum absolute atomic E-state index is 5.40. The Bertz CT molecular complexity index is 379. The van der Waals surface area contributed by atoms with Gasteiger partial charge in [0, 0.05) is 12.6 Å². The largest absolute Gasteiger partial charge is 0.325 e. The summed E-state index contributed by atoms with van der Waals surface area (Å²) in [7, 11) is 0. The van der Waals surface area contributed by atoms with Crippen LogP contribution in [0.2, 0.25) is 0 Å². The van der Waals surface area contributed by atoms with Crippen LogP contribution in [0.5, 0.6) is 0 Å². The summed E-state index contributed by atoms with van der Waals surface area (Å²) in [4.78, 5) is 0. The van der Waals surface area contributed by atoms with Gasteiger partial charge in [-0.1, -0.05) is 0 Å². The van der Waals surface area contributed by atoms with Crippen LogP contribution in [0.15, 0.2) is 24.4 Å². The number of hydrogen-bond donors (Lipinski definition) is 3. The van der Waals surface area contributed by atoms with E-state index in [1.165, 1.54) is 0 Å². The SMILES string of the molecule is NCc1ccc(Nc2ccn[nH]2)nn1. The van der Waals surface area contributed by atoms with Gasteiger partial charge in [-0.3, -0.25) is 5.10 Å². The molecule has 0 saturated heterocycles. The molecule has 6 heteroatoms. The first-order chi connectivity index (χ1) is 6.88. The molecule has 0 saturated carbocycles. The second kappa shape index (κ2) is 3.84. The molecule has 0 aliphatic carbocycles. The molecule has 0 spiro atoms. The van der Waals surface area contributed by atoms with Crippen molar-refractivity contribution in [3.8, 4) is 0 Å². The van der Waals surface area contributed by atoms with Crippen LogP contribution in [0.4, 0.5) is 11.6 Å². The van der Waals surface area contributed by atoms with Crippen molar-refractivity contribution in [1.29, 1.82) is 0 Å². The van der Waals surface area contributed by atoms with Gasteiger partial charge >= 0.3 is 0 Å². The van der Waals surface area contributed by atoms with E-state index in [0.29, 0.717) is 12.4 Å². The number of aromatic amines is 1. The fourth-order valence-corrected chi connectivity index (χ4v) is 0.999. The van der Waals surface area contributed by atoms with Crippen LogP contribution < -0.4 is 11.1 Å². The summed E-state index contributed by atoms with van der Waals surface area (Å²) in [5.41, 5.74) is 6.16. The van der Waals surface area contributed by atoms with Gasteiger partial charge in [0.2, 0.25) is 0 Å². The van der Waals surface area contributed by atoms with Crippen LogP contribution in [0.3, 0.4) is 0 Å². The summed E-state index contributed by atoms with van der Waals surface area (Å²) in [6, 6.07) is 5.44. The Labute approximate surface area is 80.5 Å². The van der Waals surface area contributed by atoms with E-state index in [-0.39, 0.29) is 0 Å². The number of nitrogens with zero attached hydrogens (tertiary/aromatic N) is 3. The minimum Gasteiger partial charge on any atom is -0.325 e. The number of hydrogen-bond acceptors (Lipinski definition) is 5. The van der Waals surface area contributed by atoms with Gasteiger partial charge in [-0.25, -0.2) is 0 Å². The Balaban J connectivity index is 2.10. The molecule has 0 aliphatic heterocycles. The van der Waals surface area contributed by atoms with Crippen molar-refractivity contribution in [2.45, 2.75) is 6.54 Å². The van der Waals surface area contributed by atoms with Crippen LogP contribution in [-0.4, -0.2) is 20.4 Å². The second-order valence-electron chi connectivity index (χ2n) is 2.71. The van der Waals surface area contributed by atoms with E-state index < -0.39 is 0 Å². The number of aromatic nitrogens is 4. The number of nitrogens with two attached hydrogens (primary N) is 1. The average molecular weight is 190 g/mol. The molecule has 0 amide bonds. The van der Waals surface area contributed by atoms with Crippen molar-refractivity contribution >= 4 is 11.6 Å². The standard InChI is InChI=1S/C8H10N6/c9-5-6-1-2-7(14-12-6)11-8-3-4-10-13-8/h1-4H,5,9H2,(H2,10,11,13,14). The highest BCUT2D eigenvalue weighted by molar-refractivity contribution is 5.49. The summed E-state index contributed by atoms with van der Waals surface area (Å²) >= 11 is 0. The molecule has 0 aromatic carbocycles. The van der Waals surface area contributed by atoms with E-state index in [0.717, 1.165) is 11.5 Å². The molecule has 0 bridgehead atoms. The molecule has 4 N–H and O–H groups in total. The molecular weight excluding hydrogens is 180 g/mol. The van der Waals surface area contributed by atoms with Crippen molar-refractivity contribution < 1.29 is 0 Å². The number of H-pyrrole nitrogens is 1. The average Bonchev–Trinajstić information content (AvgIpc) is 2.72. The minimum absolute atomic E-state index is 0.400. The van der Waals surface area contributed by atoms with E-state index in [2.05, 4.69) is 25.7 Å². The molecule has 0 unspecified atom stereocenters. The van der Waals surface area contributed by atoms with Gasteiger partial charge in [-0.15, -0.1) is 5.10 Å². The predicted octanol–water partition coefficient (Wildman–Crippen LogP) is 0.402. The zero-order chi connectivity index (χ0) is 9.80. The van der Waals surface area contributed by atoms with Crippen LogP contribution >= 0.6 is 0 Å². The fraction of sp³-hybridized carbons (Fsp3) is 0.125. The molecule has 0 radical (unpaired) electrons. The van der Waals surface area contributed by atoms with E-state index in [9.17, 15) is 0 Å². The molecule has 14 heavy (non-hydrogen) atoms. The third-order valence-corrected chi connectivity index (χ3v) is 1.69. The molecule has 6 nitrogen and oxygen atoms in total. The van der Waals surface area contributed by atoms with Crippen molar-refractivity contribution in [2.24, 2.45) is 5.73 Å². The minimum atomic E-state index is 0.400. The van der Waals surface area contributed by atoms with Gasteiger partial charge in [-0.05, 0) is 12.1 Å². The van der Waals surface area contributed by atoms with Crippen molar-refractivity contribution in [3.05, 3.63) is 30.1 Å². The monoisotopic (exact) mass is 190 g/mol. The molecule has 2 aromatic heterocycles. The first-order valence-corrected chi connectivity index (χ1v) is 4.17. The highest BCUT2D eigenvalue weighted by Gasteiger charge is 1.97. The summed E-state index contributed by atoms with van der Waals surface area (Å²) in [5, 5.41) is 17.4. The Kier molecular flexibility index (Phi) is 2.37. The Morgan fingerprint density at radius 3 is 2.79 bits per heavy atom. The summed E-state index contributed by atoms with van der Waals surface area (Å²) in [6.45, 7) is 0.400. The lowest BCUT2D eigenvalue weighted by Crippen LogP contribution is -2.02. The van der Waals surface area contributed by atoms with Gasteiger partial charge < -0.3 is 11.1 Å². The molecule has 0 atom stereocenters. The highest BCUT2D eigenvalue weighted by atomic mass is 15.2. The predicted molar refractivity (Wildman–Crippen MR) is 51.8 cm³/mol. The van der Waals surface area contributed by atoms with Crippen molar-refractivity contribution in [1.82, 2.24) is 20.4 Å². The quantitative estimate of drug-likeness (QED) is 0.651. The van der Waals surface area contributed by atoms with Crippen molar-refractivity contribution in [3.63, 3.8) is 0 Å². The van der Waals surface area contributed by atoms with Gasteiger partial charge in [0.1, 0.15) is 5.82 Å². The zero-order valence-electron chi connectivity index (χ0n) is 7.44. The maximum atomic E-state index is 5.40. The van der Waals surface area contributed by atoms with E-state index >= 15 is 0 Å². The van der Waals surface area contributed by atoms with Crippen LogP contribution in [0.1, 0.15) is 5.69 Å². The summed E-state index contributed by atoms with van der Waals surface area (Å²) in [6.07, 6.45) is 1.66. The molecular formula is C8H10N6. The Morgan fingerprint density at radius 1 is 1.29 bits per heavy atom. The highest BCUT2D eigenvalue weighted by Crippen LogP contribution is 2.09. The lowest BCUT2D eigenvalue weighted by Gasteiger charge is -2.01. The Hall–Kier alpha value is -1.95. The third-order valence-electron chi connectivity index (χ3n) is 1.69. The number of anilines is 2. The van der Waals surface area contributed by atoms with Crippen LogP contribution in [0.25, 0.3) is 0 Å². The smallest absolute Gasteiger partial charge is 0.154 e. The van der Waals surface area contributed by atoms with E-state index in [1.54, 1.807) is 12.3 Å². The Morgan fingerprint density at radius 2 is 2.21 bits per heavy atom. The summed E-state index contributed by atoms with van der Waals surface area (Å²) in [5.74, 6) is 1.44. The van der Waals surface area contributed by atoms with Gasteiger partial charge in [0.05, 0.1) is 11.9 Å². The fourth-order valence-electron chi connectivity index (χ4n) is 0.999. The molecule has 0 fully saturated rings. The lowest BCUT2D eigenvalue weighted by molar-refractivity contribution is 0.901. The van der Waals surface area contributed by atoms with E-state index in [1.807, 2.05) is 12.1 Å². The molecule has 2 aromatic rings. The second-order valence-corrected chi connectivity index (χ2v) is 2.71. The molecule has 72 valence electrons.